The van der Waals surface area contributed by atoms with Crippen molar-refractivity contribution in [3.63, 3.8) is 0 Å². The highest BCUT2D eigenvalue weighted by Gasteiger charge is 2.36. The van der Waals surface area contributed by atoms with E-state index >= 15 is 4.39 Å². The van der Waals surface area contributed by atoms with Crippen LogP contribution in [0.25, 0.3) is 11.1 Å². The number of rotatable bonds is 10. The summed E-state index contributed by atoms with van der Waals surface area (Å²) in [6.45, 7) is 13.4. The lowest BCUT2D eigenvalue weighted by Gasteiger charge is -2.40. The second-order valence-corrected chi connectivity index (χ2v) is 12.6. The third-order valence-corrected chi connectivity index (χ3v) is 7.56. The molecule has 0 bridgehead atoms. The van der Waals surface area contributed by atoms with Crippen molar-refractivity contribution in [2.75, 3.05) is 31.7 Å². The lowest BCUT2D eigenvalue weighted by atomic mass is 9.82. The van der Waals surface area contributed by atoms with E-state index in [1.807, 2.05) is 45.0 Å². The van der Waals surface area contributed by atoms with Crippen LogP contribution < -0.4 is 14.4 Å². The van der Waals surface area contributed by atoms with Gasteiger partial charge in [-0.05, 0) is 69.7 Å². The fourth-order valence-electron chi connectivity index (χ4n) is 5.17. The predicted molar refractivity (Wildman–Crippen MR) is 161 cm³/mol. The Morgan fingerprint density at radius 2 is 1.86 bits per heavy atom. The van der Waals surface area contributed by atoms with Crippen molar-refractivity contribution >= 4 is 11.7 Å². The molecule has 0 aliphatic carbocycles. The number of hydrogen-bond acceptors (Lipinski definition) is 7. The topological polar surface area (TPSA) is 94.0 Å². The highest BCUT2D eigenvalue weighted by molar-refractivity contribution is 5.86. The number of hydrogen-bond donors (Lipinski definition) is 1. The Morgan fingerprint density at radius 1 is 1.14 bits per heavy atom. The number of aliphatic carboxylic acids is 1. The molecule has 1 atom stereocenters. The molecule has 8 nitrogen and oxygen atoms in total. The summed E-state index contributed by atoms with van der Waals surface area (Å²) in [4.78, 5) is 23.6. The van der Waals surface area contributed by atoms with Crippen molar-refractivity contribution in [2.45, 2.75) is 72.5 Å². The van der Waals surface area contributed by atoms with Gasteiger partial charge in [-0.25, -0.2) is 14.2 Å². The lowest BCUT2D eigenvalue weighted by molar-refractivity contribution is -0.160. The number of aryl methyl sites for hydroxylation is 1. The van der Waals surface area contributed by atoms with Gasteiger partial charge >= 0.3 is 5.97 Å². The summed E-state index contributed by atoms with van der Waals surface area (Å²) in [5.41, 5.74) is 3.28. The van der Waals surface area contributed by atoms with Crippen LogP contribution in [0.4, 0.5) is 10.1 Å². The van der Waals surface area contributed by atoms with Crippen LogP contribution in [0.1, 0.15) is 70.4 Å². The van der Waals surface area contributed by atoms with Crippen molar-refractivity contribution < 1.29 is 28.5 Å². The van der Waals surface area contributed by atoms with Gasteiger partial charge in [0.25, 0.3) is 0 Å². The van der Waals surface area contributed by atoms with E-state index in [0.717, 1.165) is 37.2 Å². The Kier molecular flexibility index (Phi) is 9.40. The van der Waals surface area contributed by atoms with E-state index in [4.69, 9.17) is 14.2 Å². The van der Waals surface area contributed by atoms with Gasteiger partial charge in [0, 0.05) is 54.3 Å². The Hall–Kier alpha value is -3.72. The largest absolute Gasteiger partial charge is 0.497 e. The molecular formula is C33H42FN3O5. The van der Waals surface area contributed by atoms with Gasteiger partial charge in [-0.3, -0.25) is 4.98 Å². The summed E-state index contributed by atoms with van der Waals surface area (Å²) >= 11 is 0. The van der Waals surface area contributed by atoms with Crippen LogP contribution in [0, 0.1) is 18.2 Å². The van der Waals surface area contributed by atoms with Crippen molar-refractivity contribution in [3.8, 4) is 22.8 Å². The van der Waals surface area contributed by atoms with Crippen LogP contribution in [0.15, 0.2) is 42.7 Å². The van der Waals surface area contributed by atoms with E-state index in [0.29, 0.717) is 34.5 Å². The van der Waals surface area contributed by atoms with E-state index in [1.54, 1.807) is 26.4 Å². The first-order chi connectivity index (χ1) is 19.8. The molecule has 1 aliphatic rings. The molecule has 42 heavy (non-hydrogen) atoms. The van der Waals surface area contributed by atoms with Crippen LogP contribution in [0.5, 0.6) is 11.6 Å². The summed E-state index contributed by atoms with van der Waals surface area (Å²) in [5, 5.41) is 10.3. The van der Waals surface area contributed by atoms with Gasteiger partial charge in [0.2, 0.25) is 5.88 Å². The Morgan fingerprint density at radius 3 is 2.48 bits per heavy atom. The minimum absolute atomic E-state index is 0.0947. The SMILES string of the molecule is COc1cccc(CCOc2ncc(-c3cnc(C)c([C@H](OC(C)(C)C)C(=O)O)c3N3CCC(C)(C)CC3)cc2F)c1. The molecule has 226 valence electrons. The maximum absolute atomic E-state index is 15.4. The number of pyridine rings is 2. The molecular weight excluding hydrogens is 537 g/mol. The number of methoxy groups -OCH3 is 1. The Bertz CT molecular complexity index is 1410. The number of carbonyl (C=O) groups is 1. The molecule has 0 radical (unpaired) electrons. The highest BCUT2D eigenvalue weighted by atomic mass is 19.1. The number of carboxylic acids is 1. The number of ether oxygens (including phenoxy) is 3. The van der Waals surface area contributed by atoms with Crippen LogP contribution in [0.3, 0.4) is 0 Å². The maximum atomic E-state index is 15.4. The second-order valence-electron chi connectivity index (χ2n) is 12.6. The van der Waals surface area contributed by atoms with E-state index in [1.165, 1.54) is 6.07 Å². The molecule has 3 aromatic rings. The number of halogens is 1. The molecule has 1 N–H and O–H groups in total. The van der Waals surface area contributed by atoms with Crippen molar-refractivity contribution in [1.82, 2.24) is 9.97 Å². The van der Waals surface area contributed by atoms with Gasteiger partial charge in [0.15, 0.2) is 11.9 Å². The summed E-state index contributed by atoms with van der Waals surface area (Å²) < 4.78 is 32.4. The molecule has 0 unspecified atom stereocenters. The van der Waals surface area contributed by atoms with E-state index < -0.39 is 23.5 Å². The third-order valence-electron chi connectivity index (χ3n) is 7.56. The number of carboxylic acid groups (broad SMARTS) is 1. The first-order valence-corrected chi connectivity index (χ1v) is 14.3. The molecule has 1 fully saturated rings. The lowest BCUT2D eigenvalue weighted by Crippen LogP contribution is -2.39. The summed E-state index contributed by atoms with van der Waals surface area (Å²) in [5.74, 6) is -1.05. The van der Waals surface area contributed by atoms with E-state index in [-0.39, 0.29) is 17.9 Å². The standard InChI is InChI=1S/C33H42FN3O5/c1-21-27(29(31(38)39)42-32(2,3)4)28(37-14-12-33(5,6)13-15-37)25(20-35-21)23-18-26(34)30(36-19-23)41-16-11-22-9-8-10-24(17-22)40-7/h8-10,17-20,29H,11-16H2,1-7H3,(H,38,39)/t29-/m0/s1. The quantitative estimate of drug-likeness (QED) is 0.281. The zero-order valence-corrected chi connectivity index (χ0v) is 25.7. The monoisotopic (exact) mass is 579 g/mol. The summed E-state index contributed by atoms with van der Waals surface area (Å²) in [6.07, 6.45) is 4.39. The summed E-state index contributed by atoms with van der Waals surface area (Å²) in [6, 6.07) is 9.01. The van der Waals surface area contributed by atoms with Gasteiger partial charge in [0.1, 0.15) is 5.75 Å². The van der Waals surface area contributed by atoms with Gasteiger partial charge in [-0.2, -0.15) is 0 Å². The minimum atomic E-state index is -1.25. The normalized spacial score (nSPS) is 15.8. The second kappa shape index (κ2) is 12.7. The first kappa shape index (κ1) is 31.2. The molecule has 1 aromatic carbocycles. The van der Waals surface area contributed by atoms with Crippen LogP contribution >= 0.6 is 0 Å². The van der Waals surface area contributed by atoms with Crippen molar-refractivity contribution in [3.05, 3.63) is 65.4 Å². The molecule has 9 heteroatoms. The van der Waals surface area contributed by atoms with E-state index in [9.17, 15) is 9.90 Å². The number of aromatic nitrogens is 2. The molecule has 0 saturated carbocycles. The zero-order valence-electron chi connectivity index (χ0n) is 25.7. The molecule has 3 heterocycles. The van der Waals surface area contributed by atoms with Crippen molar-refractivity contribution in [1.29, 1.82) is 0 Å². The fraction of sp³-hybridized carbons (Fsp3) is 0.485. The fourth-order valence-corrected chi connectivity index (χ4v) is 5.17. The number of nitrogens with zero attached hydrogens (tertiary/aromatic N) is 3. The number of piperidine rings is 1. The average molecular weight is 580 g/mol. The Labute approximate surface area is 247 Å². The Balaban J connectivity index is 1.70. The third kappa shape index (κ3) is 7.56. The zero-order chi connectivity index (χ0) is 30.7. The van der Waals surface area contributed by atoms with Gasteiger partial charge in [-0.15, -0.1) is 0 Å². The summed E-state index contributed by atoms with van der Waals surface area (Å²) in [7, 11) is 1.61. The molecule has 4 rings (SSSR count). The molecule has 1 saturated heterocycles. The molecule has 0 spiro atoms. The van der Waals surface area contributed by atoms with Gasteiger partial charge in [0.05, 0.1) is 25.0 Å². The van der Waals surface area contributed by atoms with Gasteiger partial charge < -0.3 is 24.2 Å². The molecule has 2 aromatic heterocycles. The first-order valence-electron chi connectivity index (χ1n) is 14.3. The van der Waals surface area contributed by atoms with Crippen LogP contribution in [0.2, 0.25) is 0 Å². The van der Waals surface area contributed by atoms with Crippen LogP contribution in [-0.4, -0.2) is 53.5 Å². The average Bonchev–Trinajstić information content (AvgIpc) is 2.92. The highest BCUT2D eigenvalue weighted by Crippen LogP contribution is 2.43. The van der Waals surface area contributed by atoms with Gasteiger partial charge in [-0.1, -0.05) is 26.0 Å². The van der Waals surface area contributed by atoms with Crippen LogP contribution in [-0.2, 0) is 16.0 Å². The minimum Gasteiger partial charge on any atom is -0.497 e. The predicted octanol–water partition coefficient (Wildman–Crippen LogP) is 6.79. The number of benzene rings is 1. The smallest absolute Gasteiger partial charge is 0.337 e. The number of anilines is 1. The van der Waals surface area contributed by atoms with Crippen molar-refractivity contribution in [2.24, 2.45) is 5.41 Å². The molecule has 1 aliphatic heterocycles. The van der Waals surface area contributed by atoms with E-state index in [2.05, 4.69) is 28.7 Å². The molecule has 0 amide bonds. The maximum Gasteiger partial charge on any atom is 0.337 e.